The molecule has 2 unspecified atom stereocenters. The molecule has 0 aliphatic carbocycles. The number of hydrogen-bond donors (Lipinski definition) is 1. The first-order valence-corrected chi connectivity index (χ1v) is 8.85. The van der Waals surface area contributed by atoms with E-state index in [1.165, 1.54) is 12.0 Å². The number of hydrogen-bond acceptors (Lipinski definition) is 4. The van der Waals surface area contributed by atoms with Crippen LogP contribution in [0.4, 0.5) is 0 Å². The molecule has 2 atom stereocenters. The van der Waals surface area contributed by atoms with E-state index in [9.17, 15) is 4.79 Å². The number of guanidine groups is 1. The number of rotatable bonds is 5. The van der Waals surface area contributed by atoms with Gasteiger partial charge in [0.05, 0.1) is 13.0 Å². The molecule has 1 heterocycles. The van der Waals surface area contributed by atoms with E-state index in [1.54, 1.807) is 7.05 Å². The third-order valence-electron chi connectivity index (χ3n) is 4.02. The van der Waals surface area contributed by atoms with Gasteiger partial charge in [-0.05, 0) is 18.1 Å². The van der Waals surface area contributed by atoms with Crippen LogP contribution >= 0.6 is 11.8 Å². The highest BCUT2D eigenvalue weighted by atomic mass is 32.2. The van der Waals surface area contributed by atoms with Crippen LogP contribution in [0.5, 0.6) is 0 Å². The summed E-state index contributed by atoms with van der Waals surface area (Å²) >= 11 is 1.81. The van der Waals surface area contributed by atoms with E-state index in [-0.39, 0.29) is 17.8 Å². The van der Waals surface area contributed by atoms with Gasteiger partial charge in [0.1, 0.15) is 0 Å². The molecule has 23 heavy (non-hydrogen) atoms. The number of benzene rings is 1. The minimum absolute atomic E-state index is 0.0720. The van der Waals surface area contributed by atoms with Gasteiger partial charge in [0.25, 0.3) is 0 Å². The summed E-state index contributed by atoms with van der Waals surface area (Å²) in [6, 6.07) is 10.3. The standard InChI is InChI=1S/C17H25N3O2S/c1-13-11-20(12-15(13)16(21)22-3)17(18-2)19-9-10-23-14-7-5-4-6-8-14/h4-8,13,15H,9-12H2,1-3H3,(H,18,19). The molecular formula is C17H25N3O2S. The van der Waals surface area contributed by atoms with E-state index < -0.39 is 0 Å². The van der Waals surface area contributed by atoms with Crippen molar-refractivity contribution in [2.45, 2.75) is 11.8 Å². The normalized spacial score (nSPS) is 21.3. The Morgan fingerprint density at radius 3 is 2.78 bits per heavy atom. The Bertz CT molecular complexity index is 536. The van der Waals surface area contributed by atoms with E-state index in [0.717, 1.165) is 24.8 Å². The van der Waals surface area contributed by atoms with Gasteiger partial charge in [-0.1, -0.05) is 25.1 Å². The van der Waals surface area contributed by atoms with Gasteiger partial charge < -0.3 is 15.0 Å². The van der Waals surface area contributed by atoms with Crippen LogP contribution in [0.15, 0.2) is 40.2 Å². The fourth-order valence-electron chi connectivity index (χ4n) is 2.78. The second-order valence-corrected chi connectivity index (χ2v) is 6.82. The number of nitrogens with one attached hydrogen (secondary N) is 1. The van der Waals surface area contributed by atoms with Gasteiger partial charge in [-0.15, -0.1) is 11.8 Å². The number of thioether (sulfide) groups is 1. The predicted octanol–water partition coefficient (Wildman–Crippen LogP) is 2.09. The molecule has 5 nitrogen and oxygen atoms in total. The van der Waals surface area contributed by atoms with E-state index in [0.29, 0.717) is 6.54 Å². The van der Waals surface area contributed by atoms with Gasteiger partial charge in [0.15, 0.2) is 5.96 Å². The minimum atomic E-state index is -0.130. The monoisotopic (exact) mass is 335 g/mol. The number of carbonyl (C=O) groups excluding carboxylic acids is 1. The van der Waals surface area contributed by atoms with Gasteiger partial charge in [0, 0.05) is 37.3 Å². The summed E-state index contributed by atoms with van der Waals surface area (Å²) in [6.07, 6.45) is 0. The fraction of sp³-hybridized carbons (Fsp3) is 0.529. The van der Waals surface area contributed by atoms with Crippen LogP contribution in [0.2, 0.25) is 0 Å². The van der Waals surface area contributed by atoms with Crippen LogP contribution in [0, 0.1) is 11.8 Å². The summed E-state index contributed by atoms with van der Waals surface area (Å²) in [5.74, 6) is 1.90. The molecule has 1 fully saturated rings. The number of ether oxygens (including phenoxy) is 1. The van der Waals surface area contributed by atoms with E-state index in [1.807, 2.05) is 30.0 Å². The van der Waals surface area contributed by atoms with Crippen molar-refractivity contribution in [1.82, 2.24) is 10.2 Å². The van der Waals surface area contributed by atoms with Gasteiger partial charge in [0.2, 0.25) is 0 Å². The second kappa shape index (κ2) is 8.82. The van der Waals surface area contributed by atoms with Crippen LogP contribution in [0.3, 0.4) is 0 Å². The highest BCUT2D eigenvalue weighted by Gasteiger charge is 2.36. The summed E-state index contributed by atoms with van der Waals surface area (Å²) in [6.45, 7) is 4.41. The number of likely N-dealkylation sites (tertiary alicyclic amines) is 1. The highest BCUT2D eigenvalue weighted by Crippen LogP contribution is 2.24. The van der Waals surface area contributed by atoms with Crippen molar-refractivity contribution in [1.29, 1.82) is 0 Å². The molecule has 0 saturated carbocycles. The molecular weight excluding hydrogens is 310 g/mol. The molecule has 1 aliphatic rings. The van der Waals surface area contributed by atoms with Gasteiger partial charge >= 0.3 is 5.97 Å². The molecule has 2 rings (SSSR count). The van der Waals surface area contributed by atoms with Gasteiger partial charge in [-0.25, -0.2) is 0 Å². The molecule has 0 spiro atoms. The lowest BCUT2D eigenvalue weighted by Crippen LogP contribution is -2.41. The van der Waals surface area contributed by atoms with Crippen molar-refractivity contribution in [3.63, 3.8) is 0 Å². The van der Waals surface area contributed by atoms with Crippen molar-refractivity contribution in [2.75, 3.05) is 39.5 Å². The summed E-state index contributed by atoms with van der Waals surface area (Å²) in [7, 11) is 3.23. The van der Waals surface area contributed by atoms with Crippen molar-refractivity contribution in [3.05, 3.63) is 30.3 Å². The van der Waals surface area contributed by atoms with Crippen molar-refractivity contribution in [2.24, 2.45) is 16.8 Å². The molecule has 0 radical (unpaired) electrons. The minimum Gasteiger partial charge on any atom is -0.469 e. The van der Waals surface area contributed by atoms with Crippen LogP contribution in [-0.2, 0) is 9.53 Å². The molecule has 1 aliphatic heterocycles. The fourth-order valence-corrected chi connectivity index (χ4v) is 3.57. The van der Waals surface area contributed by atoms with E-state index >= 15 is 0 Å². The lowest BCUT2D eigenvalue weighted by atomic mass is 9.99. The largest absolute Gasteiger partial charge is 0.469 e. The van der Waals surface area contributed by atoms with Crippen LogP contribution in [0.1, 0.15) is 6.92 Å². The maximum atomic E-state index is 11.8. The Hall–Kier alpha value is -1.69. The molecule has 1 saturated heterocycles. The first kappa shape index (κ1) is 17.7. The third-order valence-corrected chi connectivity index (χ3v) is 5.04. The zero-order chi connectivity index (χ0) is 16.7. The molecule has 6 heteroatoms. The Morgan fingerprint density at radius 1 is 1.39 bits per heavy atom. The first-order chi connectivity index (χ1) is 11.2. The molecule has 126 valence electrons. The number of esters is 1. The number of aliphatic imine (C=N–C) groups is 1. The lowest BCUT2D eigenvalue weighted by Gasteiger charge is -2.21. The third kappa shape index (κ3) is 4.89. The van der Waals surface area contributed by atoms with Crippen LogP contribution in [-0.4, -0.2) is 56.4 Å². The van der Waals surface area contributed by atoms with E-state index in [4.69, 9.17) is 4.74 Å². The Morgan fingerprint density at radius 2 is 2.13 bits per heavy atom. The first-order valence-electron chi connectivity index (χ1n) is 7.87. The Labute approximate surface area is 142 Å². The van der Waals surface area contributed by atoms with Crippen LogP contribution < -0.4 is 5.32 Å². The zero-order valence-corrected chi connectivity index (χ0v) is 14.8. The van der Waals surface area contributed by atoms with Crippen molar-refractivity contribution >= 4 is 23.7 Å². The summed E-state index contributed by atoms with van der Waals surface area (Å²) < 4.78 is 4.88. The smallest absolute Gasteiger partial charge is 0.310 e. The highest BCUT2D eigenvalue weighted by molar-refractivity contribution is 7.99. The predicted molar refractivity (Wildman–Crippen MR) is 94.8 cm³/mol. The van der Waals surface area contributed by atoms with E-state index in [2.05, 4.69) is 34.3 Å². The molecule has 0 amide bonds. The lowest BCUT2D eigenvalue weighted by molar-refractivity contribution is -0.145. The molecule has 1 aromatic rings. The molecule has 0 aromatic heterocycles. The zero-order valence-electron chi connectivity index (χ0n) is 14.0. The average Bonchev–Trinajstić information content (AvgIpc) is 2.96. The number of methoxy groups -OCH3 is 1. The van der Waals surface area contributed by atoms with Gasteiger partial charge in [-0.2, -0.15) is 0 Å². The molecule has 0 bridgehead atoms. The second-order valence-electron chi connectivity index (χ2n) is 5.65. The molecule has 1 N–H and O–H groups in total. The van der Waals surface area contributed by atoms with Crippen molar-refractivity contribution in [3.8, 4) is 0 Å². The Balaban J connectivity index is 1.78. The molecule has 1 aromatic carbocycles. The summed E-state index contributed by atoms with van der Waals surface area (Å²) in [4.78, 5) is 19.5. The number of nitrogens with zero attached hydrogens (tertiary/aromatic N) is 2. The number of carbonyl (C=O) groups is 1. The maximum Gasteiger partial charge on any atom is 0.310 e. The van der Waals surface area contributed by atoms with Crippen molar-refractivity contribution < 1.29 is 9.53 Å². The maximum absolute atomic E-state index is 11.8. The SMILES string of the molecule is CN=C(NCCSc1ccccc1)N1CC(C)C(C(=O)OC)C1. The summed E-state index contributed by atoms with van der Waals surface area (Å²) in [5.41, 5.74) is 0. The quantitative estimate of drug-likeness (QED) is 0.294. The summed E-state index contributed by atoms with van der Waals surface area (Å²) in [5, 5.41) is 3.38. The van der Waals surface area contributed by atoms with Crippen LogP contribution in [0.25, 0.3) is 0 Å². The topological polar surface area (TPSA) is 53.9 Å². The Kier molecular flexibility index (Phi) is 6.77. The van der Waals surface area contributed by atoms with Gasteiger partial charge in [-0.3, -0.25) is 9.79 Å². The average molecular weight is 335 g/mol.